The van der Waals surface area contributed by atoms with Crippen molar-refractivity contribution >= 4 is 0 Å². The third kappa shape index (κ3) is 6.10. The van der Waals surface area contributed by atoms with Crippen LogP contribution in [0.3, 0.4) is 0 Å². The van der Waals surface area contributed by atoms with E-state index in [9.17, 15) is 0 Å². The van der Waals surface area contributed by atoms with E-state index in [0.29, 0.717) is 12.0 Å². The molecular formula is C25H35NO. The van der Waals surface area contributed by atoms with Crippen LogP contribution in [0.15, 0.2) is 48.5 Å². The first-order valence-corrected chi connectivity index (χ1v) is 10.5. The number of hydrogen-bond donors (Lipinski definition) is 0. The summed E-state index contributed by atoms with van der Waals surface area (Å²) in [5, 5.41) is 0. The van der Waals surface area contributed by atoms with Gasteiger partial charge in [-0.1, -0.05) is 48.9 Å². The van der Waals surface area contributed by atoms with Gasteiger partial charge >= 0.3 is 0 Å². The van der Waals surface area contributed by atoms with Crippen LogP contribution in [0, 0.1) is 25.7 Å². The average Bonchev–Trinajstić information content (AvgIpc) is 2.64. The molecule has 0 amide bonds. The van der Waals surface area contributed by atoms with Gasteiger partial charge in [-0.3, -0.25) is 0 Å². The minimum Gasteiger partial charge on any atom is -0.490 e. The van der Waals surface area contributed by atoms with Crippen LogP contribution in [0.5, 0.6) is 5.75 Å². The number of nitrogens with zero attached hydrogens (tertiary/aromatic N) is 1. The van der Waals surface area contributed by atoms with Crippen molar-refractivity contribution in [1.29, 1.82) is 0 Å². The van der Waals surface area contributed by atoms with E-state index in [1.807, 2.05) is 0 Å². The van der Waals surface area contributed by atoms with Gasteiger partial charge in [0.1, 0.15) is 5.75 Å². The molecule has 1 aliphatic rings. The molecule has 2 aromatic carbocycles. The zero-order valence-electron chi connectivity index (χ0n) is 17.4. The highest BCUT2D eigenvalue weighted by molar-refractivity contribution is 5.27. The molecule has 3 atom stereocenters. The molecule has 0 aromatic heterocycles. The molecule has 1 unspecified atom stereocenters. The highest BCUT2D eigenvalue weighted by Crippen LogP contribution is 2.33. The average molecular weight is 366 g/mol. The van der Waals surface area contributed by atoms with Gasteiger partial charge < -0.3 is 9.64 Å². The minimum atomic E-state index is 0.371. The van der Waals surface area contributed by atoms with E-state index in [1.54, 1.807) is 0 Å². The molecule has 1 saturated carbocycles. The molecule has 2 aromatic rings. The maximum Gasteiger partial charge on any atom is 0.119 e. The molecule has 0 bridgehead atoms. The van der Waals surface area contributed by atoms with E-state index in [4.69, 9.17) is 4.74 Å². The number of rotatable bonds is 7. The molecule has 0 aliphatic heterocycles. The molecule has 27 heavy (non-hydrogen) atoms. The Labute approximate surface area is 165 Å². The standard InChI is InChI=1S/C25H35NO/c1-19-11-13-22(14-12-19)18-26(4)17-21(3)23-8-6-10-25(16-23)27-24-9-5-7-20(2)15-24/h5,7,9,11-15,21,23,25H,6,8,10,16-18H2,1-4H3/t21?,23-,25+/m0/s1. The van der Waals surface area contributed by atoms with Crippen LogP contribution in [-0.2, 0) is 6.54 Å². The number of hydrogen-bond acceptors (Lipinski definition) is 2. The smallest absolute Gasteiger partial charge is 0.119 e. The van der Waals surface area contributed by atoms with Crippen molar-refractivity contribution in [1.82, 2.24) is 4.90 Å². The van der Waals surface area contributed by atoms with E-state index in [2.05, 4.69) is 81.2 Å². The quantitative estimate of drug-likeness (QED) is 0.596. The van der Waals surface area contributed by atoms with Crippen LogP contribution in [-0.4, -0.2) is 24.6 Å². The summed E-state index contributed by atoms with van der Waals surface area (Å²) in [5.74, 6) is 2.49. The molecule has 2 nitrogen and oxygen atoms in total. The van der Waals surface area contributed by atoms with Gasteiger partial charge in [0, 0.05) is 13.1 Å². The van der Waals surface area contributed by atoms with Crippen molar-refractivity contribution < 1.29 is 4.74 Å². The zero-order valence-corrected chi connectivity index (χ0v) is 17.4. The van der Waals surface area contributed by atoms with Crippen LogP contribution in [0.1, 0.15) is 49.3 Å². The van der Waals surface area contributed by atoms with Crippen molar-refractivity contribution in [2.24, 2.45) is 11.8 Å². The summed E-state index contributed by atoms with van der Waals surface area (Å²) in [6.45, 7) is 8.87. The lowest BCUT2D eigenvalue weighted by Gasteiger charge is -2.35. The van der Waals surface area contributed by atoms with E-state index in [1.165, 1.54) is 42.4 Å². The van der Waals surface area contributed by atoms with Crippen LogP contribution in [0.2, 0.25) is 0 Å². The molecule has 0 saturated heterocycles. The first-order chi connectivity index (χ1) is 13.0. The van der Waals surface area contributed by atoms with Gasteiger partial charge in [0.15, 0.2) is 0 Å². The monoisotopic (exact) mass is 365 g/mol. The summed E-state index contributed by atoms with van der Waals surface area (Å²) in [6, 6.07) is 17.4. The van der Waals surface area contributed by atoms with Gasteiger partial charge in [0.25, 0.3) is 0 Å². The Bertz CT molecular complexity index is 709. The van der Waals surface area contributed by atoms with Crippen LogP contribution >= 0.6 is 0 Å². The Kier molecular flexibility index (Phi) is 6.95. The second kappa shape index (κ2) is 9.41. The summed E-state index contributed by atoms with van der Waals surface area (Å²) in [5.41, 5.74) is 4.00. The maximum absolute atomic E-state index is 6.31. The summed E-state index contributed by atoms with van der Waals surface area (Å²) in [7, 11) is 2.25. The number of aryl methyl sites for hydroxylation is 2. The molecule has 1 fully saturated rings. The molecule has 0 N–H and O–H groups in total. The minimum absolute atomic E-state index is 0.371. The van der Waals surface area contributed by atoms with Gasteiger partial charge in [-0.15, -0.1) is 0 Å². The Balaban J connectivity index is 1.50. The lowest BCUT2D eigenvalue weighted by Crippen LogP contribution is -2.33. The Morgan fingerprint density at radius 2 is 1.81 bits per heavy atom. The molecule has 0 radical (unpaired) electrons. The molecule has 0 spiro atoms. The summed E-state index contributed by atoms with van der Waals surface area (Å²) < 4.78 is 6.31. The van der Waals surface area contributed by atoms with Crippen LogP contribution < -0.4 is 4.74 Å². The van der Waals surface area contributed by atoms with Crippen LogP contribution in [0.4, 0.5) is 0 Å². The van der Waals surface area contributed by atoms with E-state index in [-0.39, 0.29) is 0 Å². The third-order valence-corrected chi connectivity index (χ3v) is 5.94. The van der Waals surface area contributed by atoms with E-state index >= 15 is 0 Å². The number of ether oxygens (including phenoxy) is 1. The van der Waals surface area contributed by atoms with Crippen LogP contribution in [0.25, 0.3) is 0 Å². The first-order valence-electron chi connectivity index (χ1n) is 10.5. The summed E-state index contributed by atoms with van der Waals surface area (Å²) in [4.78, 5) is 2.47. The van der Waals surface area contributed by atoms with Crippen molar-refractivity contribution in [2.45, 2.75) is 59.1 Å². The Morgan fingerprint density at radius 1 is 1.04 bits per heavy atom. The zero-order chi connectivity index (χ0) is 19.2. The number of benzene rings is 2. The first kappa shape index (κ1) is 19.9. The van der Waals surface area contributed by atoms with E-state index in [0.717, 1.165) is 24.8 Å². The van der Waals surface area contributed by atoms with Crippen molar-refractivity contribution in [2.75, 3.05) is 13.6 Å². The largest absolute Gasteiger partial charge is 0.490 e. The lowest BCUT2D eigenvalue weighted by molar-refractivity contribution is 0.0913. The molecular weight excluding hydrogens is 330 g/mol. The SMILES string of the molecule is Cc1ccc(CN(C)CC(C)[C@H]2CCC[C@@H](Oc3cccc(C)c3)C2)cc1. The van der Waals surface area contributed by atoms with Crippen molar-refractivity contribution in [3.63, 3.8) is 0 Å². The van der Waals surface area contributed by atoms with Gasteiger partial charge in [-0.2, -0.15) is 0 Å². The van der Waals surface area contributed by atoms with Crippen molar-refractivity contribution in [3.05, 3.63) is 65.2 Å². The topological polar surface area (TPSA) is 12.5 Å². The Hall–Kier alpha value is -1.80. The third-order valence-electron chi connectivity index (χ3n) is 5.94. The van der Waals surface area contributed by atoms with E-state index < -0.39 is 0 Å². The lowest BCUT2D eigenvalue weighted by atomic mass is 9.79. The predicted octanol–water partition coefficient (Wildman–Crippen LogP) is 6.01. The molecule has 3 rings (SSSR count). The summed E-state index contributed by atoms with van der Waals surface area (Å²) >= 11 is 0. The second-order valence-electron chi connectivity index (χ2n) is 8.64. The Morgan fingerprint density at radius 3 is 2.56 bits per heavy atom. The summed E-state index contributed by atoms with van der Waals surface area (Å²) in [6.07, 6.45) is 5.37. The molecule has 2 heteroatoms. The highest BCUT2D eigenvalue weighted by atomic mass is 16.5. The fraction of sp³-hybridized carbons (Fsp3) is 0.520. The van der Waals surface area contributed by atoms with Gasteiger partial charge in [-0.25, -0.2) is 0 Å². The molecule has 1 aliphatic carbocycles. The normalized spacial score (nSPS) is 21.2. The predicted molar refractivity (Wildman–Crippen MR) is 114 cm³/mol. The highest BCUT2D eigenvalue weighted by Gasteiger charge is 2.27. The van der Waals surface area contributed by atoms with Gasteiger partial charge in [0.05, 0.1) is 6.10 Å². The molecule has 146 valence electrons. The van der Waals surface area contributed by atoms with Gasteiger partial charge in [-0.05, 0) is 81.7 Å². The fourth-order valence-corrected chi connectivity index (χ4v) is 4.40. The maximum atomic E-state index is 6.31. The van der Waals surface area contributed by atoms with Gasteiger partial charge in [0.2, 0.25) is 0 Å². The molecule has 0 heterocycles. The van der Waals surface area contributed by atoms with Crippen molar-refractivity contribution in [3.8, 4) is 5.75 Å². The second-order valence-corrected chi connectivity index (χ2v) is 8.64. The fourth-order valence-electron chi connectivity index (χ4n) is 4.40.